The highest BCUT2D eigenvalue weighted by Crippen LogP contribution is 2.31. The average molecular weight is 836 g/mol. The van der Waals surface area contributed by atoms with Gasteiger partial charge in [-0.2, -0.15) is 0 Å². The highest BCUT2D eigenvalue weighted by Gasteiger charge is 2.28. The van der Waals surface area contributed by atoms with E-state index in [2.05, 4.69) is 70.6 Å². The first kappa shape index (κ1) is 52.1. The number of esters is 1. The van der Waals surface area contributed by atoms with Gasteiger partial charge < -0.3 is 19.6 Å². The number of nitrogens with zero attached hydrogens (tertiary/aromatic N) is 4. The van der Waals surface area contributed by atoms with Gasteiger partial charge in [-0.15, -0.1) is 10.2 Å². The molecular weight excluding hydrogens is 755 g/mol. The summed E-state index contributed by atoms with van der Waals surface area (Å²) < 4.78 is 5.15. The molecule has 0 saturated carbocycles. The molecule has 0 bridgehead atoms. The second kappa shape index (κ2) is 28.5. The van der Waals surface area contributed by atoms with Crippen LogP contribution in [-0.4, -0.2) is 70.5 Å². The zero-order valence-electron chi connectivity index (χ0n) is 39.2. The largest absolute Gasteiger partial charge is 0.494 e. The zero-order chi connectivity index (χ0) is 44.6. The summed E-state index contributed by atoms with van der Waals surface area (Å²) in [5.41, 5.74) is -0.234. The van der Waals surface area contributed by atoms with Crippen molar-refractivity contribution in [2.24, 2.45) is 33.9 Å². The Bertz CT molecular complexity index is 1650. The minimum Gasteiger partial charge on any atom is -0.494 e. The van der Waals surface area contributed by atoms with Gasteiger partial charge in [0.1, 0.15) is 5.56 Å². The van der Waals surface area contributed by atoms with Gasteiger partial charge in [-0.05, 0) is 81.4 Å². The Labute approximate surface area is 362 Å². The van der Waals surface area contributed by atoms with E-state index in [1.165, 1.54) is 6.92 Å². The molecule has 1 aromatic carbocycles. The van der Waals surface area contributed by atoms with Crippen LogP contribution in [0.25, 0.3) is 0 Å². The number of rotatable bonds is 30. The summed E-state index contributed by atoms with van der Waals surface area (Å²) >= 11 is 0. The summed E-state index contributed by atoms with van der Waals surface area (Å²) in [6.07, 6.45) is 16.7. The van der Waals surface area contributed by atoms with Gasteiger partial charge in [0.25, 0.3) is 17.4 Å². The van der Waals surface area contributed by atoms with E-state index in [1.54, 1.807) is 25.1 Å². The molecule has 0 fully saturated rings. The van der Waals surface area contributed by atoms with E-state index in [1.807, 2.05) is 9.80 Å². The van der Waals surface area contributed by atoms with Gasteiger partial charge in [-0.1, -0.05) is 132 Å². The number of benzene rings is 1. The van der Waals surface area contributed by atoms with E-state index in [4.69, 9.17) is 4.74 Å². The number of aromatic amines is 1. The lowest BCUT2D eigenvalue weighted by Gasteiger charge is -2.32. The van der Waals surface area contributed by atoms with Crippen molar-refractivity contribution in [3.05, 3.63) is 50.8 Å². The zero-order valence-corrected chi connectivity index (χ0v) is 39.2. The summed E-state index contributed by atoms with van der Waals surface area (Å²) in [6.45, 7) is 23.2. The van der Waals surface area contributed by atoms with Gasteiger partial charge in [0.2, 0.25) is 5.88 Å². The maximum Gasteiger partial charge on any atom is 0.343 e. The third-order valence-electron chi connectivity index (χ3n) is 12.3. The first-order valence-electron chi connectivity index (χ1n) is 23.6. The summed E-state index contributed by atoms with van der Waals surface area (Å²) in [6, 6.07) is 5.10. The molecule has 2 N–H and O–H groups in total. The standard InChI is InChI=1S/C49H81N5O6/c1-11-20-24-36(15-5)31-53(32-37(16-6)25-21-12-2)47(57)40-28-29-41(48(58)54(33-38(17-7)26-22-13-3)34-39(18-8)27-23-14-4)42(30-40)51-52-44-35(10)43(49(59)60-19-9)45(55)50-46(44)56/h28-30,36-39H,11-27,31-34H2,1-10H3,(H2,50,55,56). The average Bonchev–Trinajstić information content (AvgIpc) is 3.24. The van der Waals surface area contributed by atoms with Crippen molar-refractivity contribution in [2.45, 2.75) is 172 Å². The summed E-state index contributed by atoms with van der Waals surface area (Å²) in [5.74, 6) is -0.356. The van der Waals surface area contributed by atoms with E-state index in [0.29, 0.717) is 61.0 Å². The molecule has 1 aromatic heterocycles. The molecule has 2 amide bonds. The molecule has 4 atom stereocenters. The van der Waals surface area contributed by atoms with Crippen molar-refractivity contribution in [3.63, 3.8) is 0 Å². The van der Waals surface area contributed by atoms with Crippen molar-refractivity contribution in [2.75, 3.05) is 32.8 Å². The van der Waals surface area contributed by atoms with Crippen LogP contribution in [0.2, 0.25) is 0 Å². The number of aromatic hydroxyl groups is 1. The summed E-state index contributed by atoms with van der Waals surface area (Å²) in [5, 5.41) is 19.5. The molecule has 60 heavy (non-hydrogen) atoms. The Morgan fingerprint density at radius 3 is 1.50 bits per heavy atom. The van der Waals surface area contributed by atoms with Crippen LogP contribution in [0, 0.1) is 30.6 Å². The number of azo groups is 1. The van der Waals surface area contributed by atoms with Gasteiger partial charge in [0.05, 0.1) is 17.9 Å². The molecule has 11 nitrogen and oxygen atoms in total. The first-order valence-corrected chi connectivity index (χ1v) is 23.6. The van der Waals surface area contributed by atoms with Crippen LogP contribution in [0.1, 0.15) is 202 Å². The number of unbranched alkanes of at least 4 members (excludes halogenated alkanes) is 4. The van der Waals surface area contributed by atoms with E-state index in [0.717, 1.165) is 103 Å². The maximum atomic E-state index is 15.0. The van der Waals surface area contributed by atoms with Crippen LogP contribution < -0.4 is 5.56 Å². The van der Waals surface area contributed by atoms with E-state index in [9.17, 15) is 24.3 Å². The number of ether oxygens (including phenoxy) is 1. The predicted octanol–water partition coefficient (Wildman–Crippen LogP) is 12.7. The predicted molar refractivity (Wildman–Crippen MR) is 245 cm³/mol. The number of amides is 2. The SMILES string of the molecule is CCCCC(CC)CN(CC(CC)CCCC)C(=O)c1ccc(C(=O)N(CC(CC)CCCC)CC(CC)CCCC)c(N=Nc2c(C)c(C(=O)OCC)c(O)[nH]c2=O)c1. The molecule has 0 aliphatic heterocycles. The van der Waals surface area contributed by atoms with Crippen molar-refractivity contribution < 1.29 is 24.2 Å². The smallest absolute Gasteiger partial charge is 0.343 e. The molecule has 0 saturated heterocycles. The first-order chi connectivity index (χ1) is 28.9. The lowest BCUT2D eigenvalue weighted by atomic mass is 9.94. The Hall–Kier alpha value is -4.02. The van der Waals surface area contributed by atoms with E-state index >= 15 is 0 Å². The fourth-order valence-electron chi connectivity index (χ4n) is 8.05. The molecule has 2 aromatic rings. The van der Waals surface area contributed by atoms with Gasteiger partial charge in [-0.25, -0.2) is 4.79 Å². The number of hydrogen-bond donors (Lipinski definition) is 2. The Morgan fingerprint density at radius 2 is 1.10 bits per heavy atom. The van der Waals surface area contributed by atoms with Crippen molar-refractivity contribution >= 4 is 29.2 Å². The number of carbonyl (C=O) groups excluding carboxylic acids is 3. The molecule has 4 unspecified atom stereocenters. The quantitative estimate of drug-likeness (QED) is 0.0592. The Balaban J connectivity index is 2.88. The third-order valence-corrected chi connectivity index (χ3v) is 12.3. The number of H-pyrrole nitrogens is 1. The molecule has 11 heteroatoms. The van der Waals surface area contributed by atoms with Crippen molar-refractivity contribution in [1.82, 2.24) is 14.8 Å². The lowest BCUT2D eigenvalue weighted by Crippen LogP contribution is -2.39. The van der Waals surface area contributed by atoms with Gasteiger partial charge >= 0.3 is 5.97 Å². The minimum atomic E-state index is -0.810. The van der Waals surface area contributed by atoms with Crippen molar-refractivity contribution in [1.29, 1.82) is 0 Å². The molecule has 2 rings (SSSR count). The second-order valence-corrected chi connectivity index (χ2v) is 16.9. The molecule has 338 valence electrons. The summed E-state index contributed by atoms with van der Waals surface area (Å²) in [7, 11) is 0. The molecule has 0 radical (unpaired) electrons. The molecule has 0 spiro atoms. The molecular formula is C49H81N5O6. The highest BCUT2D eigenvalue weighted by atomic mass is 16.5. The number of hydrogen-bond acceptors (Lipinski definition) is 8. The number of pyridine rings is 1. The number of aromatic nitrogens is 1. The third kappa shape index (κ3) is 16.1. The maximum absolute atomic E-state index is 15.0. The fourth-order valence-corrected chi connectivity index (χ4v) is 8.05. The van der Waals surface area contributed by atoms with Crippen LogP contribution in [-0.2, 0) is 4.74 Å². The van der Waals surface area contributed by atoms with Crippen LogP contribution in [0.3, 0.4) is 0 Å². The van der Waals surface area contributed by atoms with Crippen LogP contribution in [0.4, 0.5) is 11.4 Å². The number of carbonyl (C=O) groups is 3. The Kier molecular flexibility index (Phi) is 24.8. The van der Waals surface area contributed by atoms with Gasteiger partial charge in [-0.3, -0.25) is 19.4 Å². The molecule has 1 heterocycles. The number of nitrogens with one attached hydrogen (secondary N) is 1. The van der Waals surface area contributed by atoms with Crippen LogP contribution in [0.5, 0.6) is 5.88 Å². The normalized spacial score (nSPS) is 13.6. The van der Waals surface area contributed by atoms with Gasteiger partial charge in [0, 0.05) is 37.3 Å². The Morgan fingerprint density at radius 1 is 0.667 bits per heavy atom. The second-order valence-electron chi connectivity index (χ2n) is 16.9. The summed E-state index contributed by atoms with van der Waals surface area (Å²) in [4.78, 5) is 62.1. The van der Waals surface area contributed by atoms with Crippen molar-refractivity contribution in [3.8, 4) is 5.88 Å². The molecule has 0 aliphatic rings. The lowest BCUT2D eigenvalue weighted by molar-refractivity contribution is 0.0520. The van der Waals surface area contributed by atoms with Gasteiger partial charge in [0.15, 0.2) is 5.69 Å². The highest BCUT2D eigenvalue weighted by molar-refractivity contribution is 6.02. The van der Waals surface area contributed by atoms with Crippen LogP contribution in [0.15, 0.2) is 33.2 Å². The molecule has 0 aliphatic carbocycles. The minimum absolute atomic E-state index is 0.0668. The monoisotopic (exact) mass is 836 g/mol. The van der Waals surface area contributed by atoms with Crippen LogP contribution >= 0.6 is 0 Å². The topological polar surface area (TPSA) is 145 Å². The van der Waals surface area contributed by atoms with E-state index in [-0.39, 0.29) is 40.9 Å². The van der Waals surface area contributed by atoms with E-state index < -0.39 is 17.4 Å². The fraction of sp³-hybridized carbons (Fsp3) is 0.714.